The van der Waals surface area contributed by atoms with E-state index in [1.807, 2.05) is 31.2 Å². The molecule has 2 rings (SSSR count). The van der Waals surface area contributed by atoms with Crippen LogP contribution in [0.25, 0.3) is 6.08 Å². The summed E-state index contributed by atoms with van der Waals surface area (Å²) in [6, 6.07) is 16.0. The first-order valence-electron chi connectivity index (χ1n) is 8.05. The average molecular weight is 349 g/mol. The Bertz CT molecular complexity index is 865. The summed E-state index contributed by atoms with van der Waals surface area (Å²) in [5.41, 5.74) is 7.35. The fourth-order valence-corrected chi connectivity index (χ4v) is 2.27. The quantitative estimate of drug-likeness (QED) is 0.592. The van der Waals surface area contributed by atoms with Crippen molar-refractivity contribution >= 4 is 23.6 Å². The minimum atomic E-state index is -0.565. The highest BCUT2D eigenvalue weighted by Crippen LogP contribution is 2.18. The maximum Gasteiger partial charge on any atom is 0.266 e. The molecule has 0 saturated carbocycles. The molecule has 2 aromatic carbocycles. The van der Waals surface area contributed by atoms with Gasteiger partial charge in [-0.3, -0.25) is 9.59 Å². The fraction of sp³-hybridized carbons (Fsp3) is 0.150. The molecule has 0 aliphatic heterocycles. The van der Waals surface area contributed by atoms with Crippen molar-refractivity contribution in [3.63, 3.8) is 0 Å². The van der Waals surface area contributed by atoms with Crippen LogP contribution in [0, 0.1) is 11.3 Å². The number of ether oxygens (including phenoxy) is 1. The number of primary amides is 1. The predicted octanol–water partition coefficient (Wildman–Crippen LogP) is 2.66. The Kier molecular flexibility index (Phi) is 6.52. The van der Waals surface area contributed by atoms with Crippen LogP contribution in [-0.2, 0) is 16.0 Å². The molecule has 2 amide bonds. The molecule has 0 saturated heterocycles. The van der Waals surface area contributed by atoms with Gasteiger partial charge >= 0.3 is 0 Å². The second-order valence-electron chi connectivity index (χ2n) is 5.46. The van der Waals surface area contributed by atoms with Crippen LogP contribution < -0.4 is 15.8 Å². The number of nitrogens with one attached hydrogen (secondary N) is 1. The number of carbonyl (C=O) groups excluding carboxylic acids is 2. The zero-order valence-electron chi connectivity index (χ0n) is 14.4. The lowest BCUT2D eigenvalue weighted by molar-refractivity contribution is -0.120. The number of rotatable bonds is 7. The Hall–Kier alpha value is -3.59. The van der Waals surface area contributed by atoms with Crippen LogP contribution in [0.3, 0.4) is 0 Å². The Morgan fingerprint density at radius 3 is 2.50 bits per heavy atom. The number of nitrogens with two attached hydrogens (primary N) is 1. The van der Waals surface area contributed by atoms with E-state index >= 15 is 0 Å². The first-order chi connectivity index (χ1) is 12.5. The van der Waals surface area contributed by atoms with Gasteiger partial charge < -0.3 is 15.8 Å². The molecule has 0 aromatic heterocycles. The summed E-state index contributed by atoms with van der Waals surface area (Å²) in [4.78, 5) is 23.1. The lowest BCUT2D eigenvalue weighted by atomic mass is 10.1. The lowest BCUT2D eigenvalue weighted by Crippen LogP contribution is -2.19. The molecule has 3 N–H and O–H groups in total. The van der Waals surface area contributed by atoms with Crippen molar-refractivity contribution in [2.24, 2.45) is 5.73 Å². The molecule has 6 heteroatoms. The van der Waals surface area contributed by atoms with E-state index in [4.69, 9.17) is 10.5 Å². The molecule has 0 atom stereocenters. The van der Waals surface area contributed by atoms with Gasteiger partial charge in [0.25, 0.3) is 11.8 Å². The van der Waals surface area contributed by atoms with E-state index in [1.54, 1.807) is 30.3 Å². The summed E-state index contributed by atoms with van der Waals surface area (Å²) in [6.07, 6.45) is 2.26. The SMILES string of the molecule is CCc1ccccc1NC(=O)/C(C#N)=C/c1ccc(OCC(N)=O)cc1. The summed E-state index contributed by atoms with van der Waals surface area (Å²) in [5.74, 6) is -0.562. The maximum absolute atomic E-state index is 12.4. The third-order valence-electron chi connectivity index (χ3n) is 3.58. The van der Waals surface area contributed by atoms with Crippen molar-refractivity contribution in [2.75, 3.05) is 11.9 Å². The maximum atomic E-state index is 12.4. The highest BCUT2D eigenvalue weighted by molar-refractivity contribution is 6.09. The third kappa shape index (κ3) is 5.21. The molecular weight excluding hydrogens is 330 g/mol. The van der Waals surface area contributed by atoms with Gasteiger partial charge in [0, 0.05) is 5.69 Å². The van der Waals surface area contributed by atoms with E-state index in [2.05, 4.69) is 5.32 Å². The van der Waals surface area contributed by atoms with Gasteiger partial charge in [0.15, 0.2) is 6.61 Å². The molecule has 0 spiro atoms. The second-order valence-corrected chi connectivity index (χ2v) is 5.46. The summed E-state index contributed by atoms with van der Waals surface area (Å²) in [7, 11) is 0. The molecule has 0 unspecified atom stereocenters. The molecule has 132 valence electrons. The number of nitriles is 1. The Morgan fingerprint density at radius 2 is 1.88 bits per heavy atom. The van der Waals surface area contributed by atoms with E-state index in [9.17, 15) is 14.9 Å². The van der Waals surface area contributed by atoms with E-state index in [0.717, 1.165) is 12.0 Å². The Morgan fingerprint density at radius 1 is 1.19 bits per heavy atom. The Labute approximate surface area is 151 Å². The van der Waals surface area contributed by atoms with Gasteiger partial charge in [-0.05, 0) is 41.8 Å². The smallest absolute Gasteiger partial charge is 0.266 e. The van der Waals surface area contributed by atoms with Crippen LogP contribution in [0.2, 0.25) is 0 Å². The standard InChI is InChI=1S/C20H19N3O3/c1-2-15-5-3-4-6-18(15)23-20(25)16(12-21)11-14-7-9-17(10-8-14)26-13-19(22)24/h3-11H,2,13H2,1H3,(H2,22,24)(H,23,25)/b16-11+. The minimum absolute atomic E-state index is 0.0123. The number of carbonyl (C=O) groups is 2. The zero-order valence-corrected chi connectivity index (χ0v) is 14.4. The van der Waals surface area contributed by atoms with Gasteiger partial charge in [-0.15, -0.1) is 0 Å². The first-order valence-corrected chi connectivity index (χ1v) is 8.05. The highest BCUT2D eigenvalue weighted by atomic mass is 16.5. The van der Waals surface area contributed by atoms with Crippen LogP contribution in [0.1, 0.15) is 18.1 Å². The van der Waals surface area contributed by atoms with Gasteiger partial charge in [0.05, 0.1) is 0 Å². The molecule has 6 nitrogen and oxygen atoms in total. The highest BCUT2D eigenvalue weighted by Gasteiger charge is 2.11. The van der Waals surface area contributed by atoms with Crippen molar-refractivity contribution in [1.29, 1.82) is 5.26 Å². The van der Waals surface area contributed by atoms with E-state index in [-0.39, 0.29) is 12.2 Å². The van der Waals surface area contributed by atoms with Gasteiger partial charge in [-0.1, -0.05) is 37.3 Å². The summed E-state index contributed by atoms with van der Waals surface area (Å²) in [5, 5.41) is 12.1. The van der Waals surface area contributed by atoms with Crippen molar-refractivity contribution in [3.8, 4) is 11.8 Å². The summed E-state index contributed by atoms with van der Waals surface area (Å²) >= 11 is 0. The van der Waals surface area contributed by atoms with E-state index in [1.165, 1.54) is 6.08 Å². The van der Waals surface area contributed by atoms with Crippen LogP contribution in [0.4, 0.5) is 5.69 Å². The van der Waals surface area contributed by atoms with Gasteiger partial charge in [0.1, 0.15) is 17.4 Å². The third-order valence-corrected chi connectivity index (χ3v) is 3.58. The normalized spacial score (nSPS) is 10.7. The number of benzene rings is 2. The number of hydrogen-bond donors (Lipinski definition) is 2. The minimum Gasteiger partial charge on any atom is -0.484 e. The lowest BCUT2D eigenvalue weighted by Gasteiger charge is -2.09. The second kappa shape index (κ2) is 9.04. The molecule has 0 radical (unpaired) electrons. The van der Waals surface area contributed by atoms with E-state index in [0.29, 0.717) is 17.0 Å². The molecule has 0 aliphatic rings. The Balaban J connectivity index is 2.12. The van der Waals surface area contributed by atoms with E-state index < -0.39 is 11.8 Å². The molecule has 0 bridgehead atoms. The first kappa shape index (κ1) is 18.7. The van der Waals surface area contributed by atoms with Gasteiger partial charge in [-0.25, -0.2) is 0 Å². The van der Waals surface area contributed by atoms with Gasteiger partial charge in [0.2, 0.25) is 0 Å². The number of hydrogen-bond acceptors (Lipinski definition) is 4. The number of amides is 2. The van der Waals surface area contributed by atoms with Crippen LogP contribution in [0.5, 0.6) is 5.75 Å². The molecule has 0 heterocycles. The molecule has 0 aliphatic carbocycles. The topological polar surface area (TPSA) is 105 Å². The summed E-state index contributed by atoms with van der Waals surface area (Å²) in [6.45, 7) is 1.78. The molecular formula is C20H19N3O3. The fourth-order valence-electron chi connectivity index (χ4n) is 2.27. The van der Waals surface area contributed by atoms with Gasteiger partial charge in [-0.2, -0.15) is 5.26 Å². The van der Waals surface area contributed by atoms with Crippen LogP contribution >= 0.6 is 0 Å². The predicted molar refractivity (Wildman–Crippen MR) is 99.2 cm³/mol. The average Bonchev–Trinajstić information content (AvgIpc) is 2.65. The number of aryl methyl sites for hydroxylation is 1. The largest absolute Gasteiger partial charge is 0.484 e. The molecule has 26 heavy (non-hydrogen) atoms. The van der Waals surface area contributed by atoms with Crippen LogP contribution in [-0.4, -0.2) is 18.4 Å². The molecule has 2 aromatic rings. The summed E-state index contributed by atoms with van der Waals surface area (Å²) < 4.78 is 5.17. The number of anilines is 1. The number of nitrogens with zero attached hydrogens (tertiary/aromatic N) is 1. The van der Waals surface area contributed by atoms with Crippen LogP contribution in [0.15, 0.2) is 54.1 Å². The zero-order chi connectivity index (χ0) is 18.9. The molecule has 0 fully saturated rings. The number of para-hydroxylation sites is 1. The van der Waals surface area contributed by atoms with Crippen molar-refractivity contribution in [1.82, 2.24) is 0 Å². The monoisotopic (exact) mass is 349 g/mol. The van der Waals surface area contributed by atoms with Crippen molar-refractivity contribution in [2.45, 2.75) is 13.3 Å². The van der Waals surface area contributed by atoms with Crippen molar-refractivity contribution in [3.05, 3.63) is 65.2 Å². The van der Waals surface area contributed by atoms with Crippen molar-refractivity contribution < 1.29 is 14.3 Å².